The minimum Gasteiger partial charge on any atom is -0.359 e. The van der Waals surface area contributed by atoms with Crippen LogP contribution in [0.3, 0.4) is 0 Å². The summed E-state index contributed by atoms with van der Waals surface area (Å²) in [4.78, 5) is 10.3. The van der Waals surface area contributed by atoms with Crippen molar-refractivity contribution in [2.75, 3.05) is 11.9 Å². The van der Waals surface area contributed by atoms with Crippen LogP contribution in [0.5, 0.6) is 0 Å². The van der Waals surface area contributed by atoms with Crippen molar-refractivity contribution < 1.29 is 13.7 Å². The van der Waals surface area contributed by atoms with E-state index < -0.39 is 17.9 Å². The summed E-state index contributed by atoms with van der Waals surface area (Å²) in [5.41, 5.74) is 0.0532. The van der Waals surface area contributed by atoms with E-state index in [1.807, 2.05) is 0 Å². The van der Waals surface area contributed by atoms with Gasteiger partial charge in [0.1, 0.15) is 5.69 Å². The number of halogens is 2. The van der Waals surface area contributed by atoms with Crippen LogP contribution in [-0.2, 0) is 7.05 Å². The second-order valence-electron chi connectivity index (χ2n) is 3.89. The van der Waals surface area contributed by atoms with Gasteiger partial charge in [0.05, 0.1) is 11.5 Å². The van der Waals surface area contributed by atoms with Crippen LogP contribution in [0.1, 0.15) is 25.5 Å². The average Bonchev–Trinajstić information content (AvgIpc) is 2.52. The average molecular weight is 248 g/mol. The minimum absolute atomic E-state index is 0.0130. The van der Waals surface area contributed by atoms with E-state index in [-0.39, 0.29) is 23.1 Å². The van der Waals surface area contributed by atoms with Gasteiger partial charge < -0.3 is 5.32 Å². The molecular weight excluding hydrogens is 234 g/mol. The molecule has 0 saturated carbocycles. The summed E-state index contributed by atoms with van der Waals surface area (Å²) in [6.45, 7) is 2.87. The van der Waals surface area contributed by atoms with Gasteiger partial charge >= 0.3 is 5.69 Å². The SMILES string of the molecule is CC(C)c1nn(C)c(NCC(F)F)c1[N+](=O)[O-]. The van der Waals surface area contributed by atoms with Crippen LogP contribution in [0.2, 0.25) is 0 Å². The molecule has 0 atom stereocenters. The van der Waals surface area contributed by atoms with E-state index in [9.17, 15) is 18.9 Å². The Bertz CT molecular complexity index is 417. The number of nitro groups is 1. The van der Waals surface area contributed by atoms with E-state index in [0.29, 0.717) is 0 Å². The summed E-state index contributed by atoms with van der Waals surface area (Å²) >= 11 is 0. The molecule has 1 rings (SSSR count). The minimum atomic E-state index is -2.58. The van der Waals surface area contributed by atoms with Crippen molar-refractivity contribution in [3.63, 3.8) is 0 Å². The molecule has 6 nitrogen and oxygen atoms in total. The van der Waals surface area contributed by atoms with Crippen molar-refractivity contribution in [3.05, 3.63) is 15.8 Å². The maximum atomic E-state index is 12.1. The first-order valence-corrected chi connectivity index (χ1v) is 5.07. The van der Waals surface area contributed by atoms with Crippen LogP contribution in [0.15, 0.2) is 0 Å². The first-order chi connectivity index (χ1) is 7.84. The van der Waals surface area contributed by atoms with Crippen molar-refractivity contribution in [3.8, 4) is 0 Å². The molecule has 0 bridgehead atoms. The molecule has 17 heavy (non-hydrogen) atoms. The predicted octanol–water partition coefficient (Wildman–Crippen LogP) is 2.13. The van der Waals surface area contributed by atoms with Gasteiger partial charge in [0.15, 0.2) is 0 Å². The number of nitrogens with one attached hydrogen (secondary N) is 1. The molecule has 1 aromatic rings. The molecule has 0 aliphatic rings. The van der Waals surface area contributed by atoms with Gasteiger partial charge in [-0.2, -0.15) is 5.10 Å². The zero-order valence-corrected chi connectivity index (χ0v) is 9.78. The summed E-state index contributed by atoms with van der Waals surface area (Å²) in [6, 6.07) is 0. The van der Waals surface area contributed by atoms with Crippen LogP contribution in [0, 0.1) is 10.1 Å². The fourth-order valence-electron chi connectivity index (χ4n) is 1.47. The lowest BCUT2D eigenvalue weighted by molar-refractivity contribution is -0.384. The molecule has 1 N–H and O–H groups in total. The number of anilines is 1. The van der Waals surface area contributed by atoms with Gasteiger partial charge in [0.2, 0.25) is 5.82 Å². The normalized spacial score (nSPS) is 11.2. The molecule has 0 saturated heterocycles. The lowest BCUT2D eigenvalue weighted by Gasteiger charge is -2.04. The second-order valence-corrected chi connectivity index (χ2v) is 3.89. The predicted molar refractivity (Wildman–Crippen MR) is 58.4 cm³/mol. The molecule has 0 unspecified atom stereocenters. The number of hydrogen-bond acceptors (Lipinski definition) is 4. The van der Waals surface area contributed by atoms with E-state index in [1.165, 1.54) is 11.7 Å². The third-order valence-electron chi connectivity index (χ3n) is 2.20. The fourth-order valence-corrected chi connectivity index (χ4v) is 1.47. The zero-order valence-electron chi connectivity index (χ0n) is 9.78. The van der Waals surface area contributed by atoms with Gasteiger partial charge in [-0.25, -0.2) is 13.5 Å². The number of nitrogens with zero attached hydrogens (tertiary/aromatic N) is 3. The van der Waals surface area contributed by atoms with Crippen molar-refractivity contribution in [2.24, 2.45) is 7.05 Å². The van der Waals surface area contributed by atoms with Gasteiger partial charge in [-0.05, 0) is 0 Å². The van der Waals surface area contributed by atoms with Gasteiger partial charge in [-0.1, -0.05) is 13.8 Å². The van der Waals surface area contributed by atoms with E-state index >= 15 is 0 Å². The summed E-state index contributed by atoms with van der Waals surface area (Å²) in [5, 5.41) is 17.3. The summed E-state index contributed by atoms with van der Waals surface area (Å²) < 4.78 is 25.4. The van der Waals surface area contributed by atoms with Crippen LogP contribution in [0.4, 0.5) is 20.3 Å². The third-order valence-corrected chi connectivity index (χ3v) is 2.20. The Labute approximate surface area is 96.8 Å². The van der Waals surface area contributed by atoms with E-state index in [4.69, 9.17) is 0 Å². The quantitative estimate of drug-likeness (QED) is 0.640. The number of hydrogen-bond donors (Lipinski definition) is 1. The van der Waals surface area contributed by atoms with Gasteiger partial charge in [0.25, 0.3) is 6.43 Å². The van der Waals surface area contributed by atoms with Crippen LogP contribution < -0.4 is 5.32 Å². The van der Waals surface area contributed by atoms with Gasteiger partial charge in [-0.3, -0.25) is 10.1 Å². The first-order valence-electron chi connectivity index (χ1n) is 5.07. The van der Waals surface area contributed by atoms with Crippen molar-refractivity contribution >= 4 is 11.5 Å². The highest BCUT2D eigenvalue weighted by Gasteiger charge is 2.28. The Morgan fingerprint density at radius 1 is 1.53 bits per heavy atom. The molecule has 1 aromatic heterocycles. The molecule has 8 heteroatoms. The Kier molecular flexibility index (Phi) is 3.97. The Balaban J connectivity index is 3.14. The fraction of sp³-hybridized carbons (Fsp3) is 0.667. The Morgan fingerprint density at radius 3 is 2.53 bits per heavy atom. The highest BCUT2D eigenvalue weighted by molar-refractivity contribution is 5.60. The topological polar surface area (TPSA) is 73.0 Å². The van der Waals surface area contributed by atoms with Gasteiger partial charge in [-0.15, -0.1) is 0 Å². The first kappa shape index (κ1) is 13.3. The number of rotatable bonds is 5. The maximum Gasteiger partial charge on any atom is 0.334 e. The molecule has 96 valence electrons. The largest absolute Gasteiger partial charge is 0.359 e. The molecule has 1 heterocycles. The van der Waals surface area contributed by atoms with Crippen molar-refractivity contribution in [1.29, 1.82) is 0 Å². The number of aryl methyl sites for hydroxylation is 1. The standard InChI is InChI=1S/C9H14F2N4O2/c1-5(2)7-8(15(16)17)9(14(3)13-7)12-4-6(10)11/h5-6,12H,4H2,1-3H3. The van der Waals surface area contributed by atoms with Crippen LogP contribution >= 0.6 is 0 Å². The lowest BCUT2D eigenvalue weighted by Crippen LogP contribution is -2.13. The van der Waals surface area contributed by atoms with Crippen molar-refractivity contribution in [2.45, 2.75) is 26.2 Å². The lowest BCUT2D eigenvalue weighted by atomic mass is 10.1. The maximum absolute atomic E-state index is 12.1. The number of alkyl halides is 2. The monoisotopic (exact) mass is 248 g/mol. The molecule has 0 aliphatic heterocycles. The second kappa shape index (κ2) is 5.07. The zero-order chi connectivity index (χ0) is 13.2. The molecule has 0 spiro atoms. The third kappa shape index (κ3) is 2.89. The molecule has 0 fully saturated rings. The van der Waals surface area contributed by atoms with Crippen molar-refractivity contribution in [1.82, 2.24) is 9.78 Å². The Morgan fingerprint density at radius 2 is 2.12 bits per heavy atom. The smallest absolute Gasteiger partial charge is 0.334 e. The Hall–Kier alpha value is -1.73. The summed E-state index contributed by atoms with van der Waals surface area (Å²) in [6.07, 6.45) is -2.58. The molecule has 0 aliphatic carbocycles. The summed E-state index contributed by atoms with van der Waals surface area (Å²) in [7, 11) is 1.48. The van der Waals surface area contributed by atoms with E-state index in [2.05, 4.69) is 10.4 Å². The van der Waals surface area contributed by atoms with E-state index in [1.54, 1.807) is 13.8 Å². The molecule has 0 radical (unpaired) electrons. The van der Waals surface area contributed by atoms with Gasteiger partial charge in [0, 0.05) is 13.0 Å². The summed E-state index contributed by atoms with van der Waals surface area (Å²) in [5.74, 6) is -0.136. The van der Waals surface area contributed by atoms with E-state index in [0.717, 1.165) is 0 Å². The van der Waals surface area contributed by atoms with Crippen LogP contribution in [-0.4, -0.2) is 27.7 Å². The molecular formula is C9H14F2N4O2. The highest BCUT2D eigenvalue weighted by Crippen LogP contribution is 2.32. The van der Waals surface area contributed by atoms with Crippen LogP contribution in [0.25, 0.3) is 0 Å². The number of aromatic nitrogens is 2. The highest BCUT2D eigenvalue weighted by atomic mass is 19.3. The molecule has 0 aromatic carbocycles. The molecule has 0 amide bonds.